The molecule has 0 saturated heterocycles. The van der Waals surface area contributed by atoms with E-state index in [0.29, 0.717) is 35.5 Å². The Hall–Kier alpha value is -4.20. The van der Waals surface area contributed by atoms with Crippen LogP contribution >= 0.6 is 0 Å². The summed E-state index contributed by atoms with van der Waals surface area (Å²) in [7, 11) is 0. The Bertz CT molecular complexity index is 1410. The molecule has 0 aliphatic rings. The Balaban J connectivity index is 1.84. The zero-order chi connectivity index (χ0) is 27.3. The number of nitrogens with zero attached hydrogens (tertiary/aromatic N) is 4. The largest absolute Gasteiger partial charge is 0.494 e. The van der Waals surface area contributed by atoms with Crippen molar-refractivity contribution in [3.8, 4) is 5.75 Å². The van der Waals surface area contributed by atoms with Crippen molar-refractivity contribution in [3.05, 3.63) is 83.9 Å². The van der Waals surface area contributed by atoms with Crippen LogP contribution in [0.1, 0.15) is 51.8 Å². The minimum absolute atomic E-state index is 0.0745. The van der Waals surface area contributed by atoms with E-state index >= 15 is 0 Å². The van der Waals surface area contributed by atoms with E-state index in [2.05, 4.69) is 15.6 Å². The van der Waals surface area contributed by atoms with Gasteiger partial charge in [-0.2, -0.15) is 0 Å². The van der Waals surface area contributed by atoms with E-state index in [-0.39, 0.29) is 18.4 Å². The SMILES string of the molecule is CCOc1ccc([C@@H](C(=O)NC(C)(C)C)N(C(=O)Cn2nnc3ccccc32)c2ccccc2CC)cc1. The molecule has 8 heteroatoms. The molecule has 1 aromatic heterocycles. The minimum Gasteiger partial charge on any atom is -0.494 e. The van der Waals surface area contributed by atoms with Crippen molar-refractivity contribution in [2.45, 2.75) is 59.2 Å². The lowest BCUT2D eigenvalue weighted by Gasteiger charge is -2.35. The third-order valence-corrected chi connectivity index (χ3v) is 6.12. The second-order valence-electron chi connectivity index (χ2n) is 10.1. The lowest BCUT2D eigenvalue weighted by Crippen LogP contribution is -2.50. The van der Waals surface area contributed by atoms with Crippen LogP contribution in [0.5, 0.6) is 5.75 Å². The summed E-state index contributed by atoms with van der Waals surface area (Å²) in [6.45, 7) is 10.2. The fourth-order valence-corrected chi connectivity index (χ4v) is 4.47. The summed E-state index contributed by atoms with van der Waals surface area (Å²) >= 11 is 0. The molecule has 0 aliphatic carbocycles. The summed E-state index contributed by atoms with van der Waals surface area (Å²) in [5.41, 5.74) is 3.28. The fourth-order valence-electron chi connectivity index (χ4n) is 4.47. The van der Waals surface area contributed by atoms with E-state index in [1.807, 2.05) is 107 Å². The lowest BCUT2D eigenvalue weighted by molar-refractivity contribution is -0.128. The van der Waals surface area contributed by atoms with Gasteiger partial charge in [-0.3, -0.25) is 14.5 Å². The van der Waals surface area contributed by atoms with Crippen LogP contribution in [0.15, 0.2) is 72.8 Å². The molecular formula is C30H35N5O3. The molecule has 0 unspecified atom stereocenters. The van der Waals surface area contributed by atoms with Gasteiger partial charge in [0.25, 0.3) is 0 Å². The maximum absolute atomic E-state index is 14.2. The van der Waals surface area contributed by atoms with Gasteiger partial charge in [0.15, 0.2) is 0 Å². The van der Waals surface area contributed by atoms with Crippen molar-refractivity contribution < 1.29 is 14.3 Å². The third kappa shape index (κ3) is 6.02. The smallest absolute Gasteiger partial charge is 0.249 e. The van der Waals surface area contributed by atoms with Gasteiger partial charge >= 0.3 is 0 Å². The van der Waals surface area contributed by atoms with Crippen LogP contribution in [-0.4, -0.2) is 39.0 Å². The molecule has 198 valence electrons. The van der Waals surface area contributed by atoms with E-state index in [1.165, 1.54) is 0 Å². The van der Waals surface area contributed by atoms with Gasteiger partial charge in [-0.15, -0.1) is 5.10 Å². The Morgan fingerprint density at radius 1 is 0.974 bits per heavy atom. The first kappa shape index (κ1) is 26.9. The Morgan fingerprint density at radius 2 is 1.66 bits per heavy atom. The summed E-state index contributed by atoms with van der Waals surface area (Å²) in [5, 5.41) is 11.5. The van der Waals surface area contributed by atoms with E-state index in [9.17, 15) is 9.59 Å². The number of hydrogen-bond donors (Lipinski definition) is 1. The predicted octanol–water partition coefficient (Wildman–Crippen LogP) is 5.08. The number of ether oxygens (including phenoxy) is 1. The zero-order valence-electron chi connectivity index (χ0n) is 22.6. The van der Waals surface area contributed by atoms with Gasteiger partial charge in [-0.1, -0.05) is 54.6 Å². The lowest BCUT2D eigenvalue weighted by atomic mass is 9.99. The molecule has 1 N–H and O–H groups in total. The van der Waals surface area contributed by atoms with Crippen LogP contribution in [-0.2, 0) is 22.6 Å². The maximum atomic E-state index is 14.2. The number of amides is 2. The van der Waals surface area contributed by atoms with Crippen molar-refractivity contribution in [3.63, 3.8) is 0 Å². The van der Waals surface area contributed by atoms with Crippen LogP contribution in [0.25, 0.3) is 11.0 Å². The van der Waals surface area contributed by atoms with E-state index in [4.69, 9.17) is 4.74 Å². The number of hydrogen-bond acceptors (Lipinski definition) is 5. The van der Waals surface area contributed by atoms with Gasteiger partial charge in [0.05, 0.1) is 12.1 Å². The molecule has 2 amide bonds. The quantitative estimate of drug-likeness (QED) is 0.337. The molecule has 0 bridgehead atoms. The molecule has 4 rings (SSSR count). The average molecular weight is 514 g/mol. The van der Waals surface area contributed by atoms with Crippen molar-refractivity contribution in [2.24, 2.45) is 0 Å². The molecule has 0 aliphatic heterocycles. The van der Waals surface area contributed by atoms with Crippen LogP contribution in [0.3, 0.4) is 0 Å². The molecule has 0 saturated carbocycles. The van der Waals surface area contributed by atoms with E-state index < -0.39 is 11.6 Å². The van der Waals surface area contributed by atoms with Crippen molar-refractivity contribution in [1.29, 1.82) is 0 Å². The summed E-state index contributed by atoms with van der Waals surface area (Å²) in [6.07, 6.45) is 0.698. The fraction of sp³-hybridized carbons (Fsp3) is 0.333. The number of benzene rings is 3. The standard InChI is InChI=1S/C30H35N5O3/c1-6-21-12-8-10-14-25(21)35(27(36)20-34-26-15-11-9-13-24(26)32-33-34)28(29(37)31-30(3,4)5)22-16-18-23(19-17-22)38-7-2/h8-19,28H,6-7,20H2,1-5H3,(H,31,37)/t28-/m0/s1. The molecule has 8 nitrogen and oxygen atoms in total. The molecule has 4 aromatic rings. The van der Waals surface area contributed by atoms with Crippen LogP contribution in [0.2, 0.25) is 0 Å². The third-order valence-electron chi connectivity index (χ3n) is 6.12. The van der Waals surface area contributed by atoms with Gasteiger partial charge in [0.2, 0.25) is 11.8 Å². The summed E-state index contributed by atoms with van der Waals surface area (Å²) in [4.78, 5) is 29.7. The maximum Gasteiger partial charge on any atom is 0.249 e. The number of carbonyl (C=O) groups excluding carboxylic acids is 2. The molecule has 0 fully saturated rings. The molecular weight excluding hydrogens is 478 g/mol. The monoisotopic (exact) mass is 513 g/mol. The molecule has 38 heavy (non-hydrogen) atoms. The van der Waals surface area contributed by atoms with Crippen LogP contribution in [0, 0.1) is 0 Å². The first-order chi connectivity index (χ1) is 18.2. The zero-order valence-corrected chi connectivity index (χ0v) is 22.6. The van der Waals surface area contributed by atoms with E-state index in [0.717, 1.165) is 11.1 Å². The summed E-state index contributed by atoms with van der Waals surface area (Å²) < 4.78 is 7.20. The number of aromatic nitrogens is 3. The Labute approximate surface area is 223 Å². The Morgan fingerprint density at radius 3 is 2.34 bits per heavy atom. The van der Waals surface area contributed by atoms with Crippen molar-refractivity contribution >= 4 is 28.5 Å². The molecule has 3 aromatic carbocycles. The Kier molecular flexibility index (Phi) is 8.10. The van der Waals surface area contributed by atoms with Crippen molar-refractivity contribution in [2.75, 3.05) is 11.5 Å². The highest BCUT2D eigenvalue weighted by molar-refractivity contribution is 6.02. The first-order valence-electron chi connectivity index (χ1n) is 12.9. The molecule has 0 radical (unpaired) electrons. The second kappa shape index (κ2) is 11.5. The minimum atomic E-state index is -0.917. The van der Waals surface area contributed by atoms with Gasteiger partial charge in [-0.05, 0) is 75.6 Å². The second-order valence-corrected chi connectivity index (χ2v) is 10.1. The van der Waals surface area contributed by atoms with Gasteiger partial charge in [-0.25, -0.2) is 4.68 Å². The molecule has 1 atom stereocenters. The molecule has 1 heterocycles. The number of fused-ring (bicyclic) bond motifs is 1. The highest BCUT2D eigenvalue weighted by atomic mass is 16.5. The van der Waals surface area contributed by atoms with Crippen molar-refractivity contribution in [1.82, 2.24) is 20.3 Å². The normalized spacial score (nSPS) is 12.2. The highest BCUT2D eigenvalue weighted by Gasteiger charge is 2.35. The number of para-hydroxylation sites is 2. The topological polar surface area (TPSA) is 89.4 Å². The number of aryl methyl sites for hydroxylation is 1. The van der Waals surface area contributed by atoms with Gasteiger partial charge in [0.1, 0.15) is 23.9 Å². The van der Waals surface area contributed by atoms with Crippen LogP contribution < -0.4 is 15.0 Å². The van der Waals surface area contributed by atoms with E-state index in [1.54, 1.807) is 9.58 Å². The number of anilines is 1. The number of nitrogens with one attached hydrogen (secondary N) is 1. The number of carbonyl (C=O) groups is 2. The van der Waals surface area contributed by atoms with Gasteiger partial charge in [0, 0.05) is 11.2 Å². The summed E-state index contributed by atoms with van der Waals surface area (Å²) in [6, 6.07) is 21.6. The van der Waals surface area contributed by atoms with Crippen LogP contribution in [0.4, 0.5) is 5.69 Å². The first-order valence-corrected chi connectivity index (χ1v) is 12.9. The molecule has 0 spiro atoms. The summed E-state index contributed by atoms with van der Waals surface area (Å²) in [5.74, 6) is 0.154. The highest BCUT2D eigenvalue weighted by Crippen LogP contribution is 2.33. The average Bonchev–Trinajstić information content (AvgIpc) is 3.29. The van der Waals surface area contributed by atoms with Gasteiger partial charge < -0.3 is 10.1 Å². The number of rotatable bonds is 9. The predicted molar refractivity (Wildman–Crippen MR) is 149 cm³/mol.